The number of ether oxygens (including phenoxy) is 1. The van der Waals surface area contributed by atoms with Gasteiger partial charge in [-0.15, -0.1) is 0 Å². The van der Waals surface area contributed by atoms with Crippen LogP contribution in [0.5, 0.6) is 5.75 Å². The molecule has 1 atom stereocenters. The van der Waals surface area contributed by atoms with Crippen molar-refractivity contribution in [1.82, 2.24) is 5.32 Å². The topological polar surface area (TPSA) is 75.7 Å². The molecule has 0 bridgehead atoms. The van der Waals surface area contributed by atoms with E-state index < -0.39 is 15.9 Å². The molecule has 1 N–H and O–H groups in total. The Labute approximate surface area is 202 Å². The van der Waals surface area contributed by atoms with E-state index in [1.807, 2.05) is 50.2 Å². The number of rotatable bonds is 9. The van der Waals surface area contributed by atoms with E-state index >= 15 is 0 Å². The molecule has 0 saturated carbocycles. The third-order valence-corrected chi connectivity index (χ3v) is 7.31. The highest BCUT2D eigenvalue weighted by Crippen LogP contribution is 2.25. The summed E-state index contributed by atoms with van der Waals surface area (Å²) < 4.78 is 34.2. The first-order chi connectivity index (χ1) is 15.3. The van der Waals surface area contributed by atoms with E-state index in [4.69, 9.17) is 4.74 Å². The number of carbonyl (C=O) groups is 1. The lowest BCUT2D eigenvalue weighted by Crippen LogP contribution is -2.41. The molecule has 3 aromatic rings. The van der Waals surface area contributed by atoms with Crippen LogP contribution in [0.2, 0.25) is 0 Å². The summed E-state index contributed by atoms with van der Waals surface area (Å²) in [4.78, 5) is 13.0. The van der Waals surface area contributed by atoms with E-state index in [0.717, 1.165) is 19.2 Å². The first kappa shape index (κ1) is 24.1. The molecule has 8 heteroatoms. The second-order valence-electron chi connectivity index (χ2n) is 7.09. The fraction of sp³-hybridized carbons (Fsp3) is 0.208. The molecule has 168 valence electrons. The van der Waals surface area contributed by atoms with Gasteiger partial charge in [0.25, 0.3) is 10.0 Å². The molecule has 0 aliphatic rings. The molecule has 0 aliphatic carbocycles. The first-order valence-corrected chi connectivity index (χ1v) is 12.7. The Hall–Kier alpha value is -2.59. The van der Waals surface area contributed by atoms with Crippen molar-refractivity contribution in [3.05, 3.63) is 88.0 Å². The highest BCUT2D eigenvalue weighted by Gasteiger charge is 2.27. The number of nitrogens with one attached hydrogen (secondary N) is 1. The van der Waals surface area contributed by atoms with Crippen LogP contribution in [0.4, 0.5) is 5.69 Å². The van der Waals surface area contributed by atoms with Gasteiger partial charge in [0, 0.05) is 3.57 Å². The molecule has 6 nitrogen and oxygen atoms in total. The number of benzene rings is 3. The zero-order chi connectivity index (χ0) is 23.1. The molecular weight excluding hydrogens is 539 g/mol. The van der Waals surface area contributed by atoms with E-state index in [0.29, 0.717) is 12.3 Å². The normalized spacial score (nSPS) is 12.1. The summed E-state index contributed by atoms with van der Waals surface area (Å²) in [6, 6.07) is 22.3. The number of sulfonamides is 1. The van der Waals surface area contributed by atoms with Crippen LogP contribution in [-0.4, -0.2) is 27.5 Å². The van der Waals surface area contributed by atoms with E-state index in [2.05, 4.69) is 27.9 Å². The lowest BCUT2D eigenvalue weighted by molar-refractivity contribution is -0.120. The molecule has 3 aromatic carbocycles. The van der Waals surface area contributed by atoms with Crippen molar-refractivity contribution in [3.8, 4) is 5.75 Å². The van der Waals surface area contributed by atoms with Crippen LogP contribution in [0.3, 0.4) is 0 Å². The van der Waals surface area contributed by atoms with Gasteiger partial charge < -0.3 is 10.1 Å². The maximum absolute atomic E-state index is 13.3. The molecule has 0 aliphatic heterocycles. The monoisotopic (exact) mass is 564 g/mol. The fourth-order valence-electron chi connectivity index (χ4n) is 3.16. The highest BCUT2D eigenvalue weighted by atomic mass is 127. The summed E-state index contributed by atoms with van der Waals surface area (Å²) in [5.41, 5.74) is 1.33. The van der Waals surface area contributed by atoms with Gasteiger partial charge in [0.05, 0.1) is 23.2 Å². The van der Waals surface area contributed by atoms with E-state index in [1.165, 1.54) is 12.1 Å². The van der Waals surface area contributed by atoms with Crippen molar-refractivity contribution < 1.29 is 17.9 Å². The summed E-state index contributed by atoms with van der Waals surface area (Å²) in [6.07, 6.45) is 0. The van der Waals surface area contributed by atoms with Gasteiger partial charge in [-0.1, -0.05) is 30.3 Å². The summed E-state index contributed by atoms with van der Waals surface area (Å²) in [6.45, 7) is 4.02. The predicted molar refractivity (Wildman–Crippen MR) is 134 cm³/mol. The van der Waals surface area contributed by atoms with Gasteiger partial charge in [0.1, 0.15) is 12.3 Å². The van der Waals surface area contributed by atoms with Gasteiger partial charge in [-0.2, -0.15) is 0 Å². The molecular formula is C24H25IN2O4S. The van der Waals surface area contributed by atoms with E-state index in [9.17, 15) is 13.2 Å². The van der Waals surface area contributed by atoms with Crippen molar-refractivity contribution in [3.63, 3.8) is 0 Å². The quantitative estimate of drug-likeness (QED) is 0.381. The molecule has 0 spiro atoms. The molecule has 3 rings (SSSR count). The molecule has 0 unspecified atom stereocenters. The second-order valence-corrected chi connectivity index (χ2v) is 10.2. The van der Waals surface area contributed by atoms with Crippen LogP contribution in [0, 0.1) is 3.57 Å². The van der Waals surface area contributed by atoms with Crippen LogP contribution in [0.1, 0.15) is 25.5 Å². The average Bonchev–Trinajstić information content (AvgIpc) is 2.79. The molecule has 0 aromatic heterocycles. The Balaban J connectivity index is 1.81. The third kappa shape index (κ3) is 6.01. The fourth-order valence-corrected chi connectivity index (χ4v) is 4.96. The van der Waals surface area contributed by atoms with Crippen LogP contribution < -0.4 is 14.4 Å². The number of anilines is 1. The molecule has 0 saturated heterocycles. The summed E-state index contributed by atoms with van der Waals surface area (Å²) >= 11 is 2.15. The number of carbonyl (C=O) groups excluding carboxylic acids is 1. The lowest BCUT2D eigenvalue weighted by Gasteiger charge is -2.25. The van der Waals surface area contributed by atoms with Crippen LogP contribution in [0.25, 0.3) is 0 Å². The third-order valence-electron chi connectivity index (χ3n) is 4.80. The summed E-state index contributed by atoms with van der Waals surface area (Å²) in [5.74, 6) is 0.359. The maximum Gasteiger partial charge on any atom is 0.264 e. The van der Waals surface area contributed by atoms with Gasteiger partial charge in [0.2, 0.25) is 5.91 Å². The standard InChI is InChI=1S/C24H25IN2O4S/c1-3-31-22-15-9-19(10-16-22)18(2)26-24(28)17-27(21-13-11-20(25)12-14-21)32(29,30)23-7-5-4-6-8-23/h4-16,18H,3,17H2,1-2H3,(H,26,28)/t18-/m1/s1. The largest absolute Gasteiger partial charge is 0.494 e. The Morgan fingerprint density at radius 1 is 1.00 bits per heavy atom. The number of amides is 1. The Bertz CT molecular complexity index is 1130. The predicted octanol–water partition coefficient (Wildman–Crippen LogP) is 4.76. The highest BCUT2D eigenvalue weighted by molar-refractivity contribution is 14.1. The smallest absolute Gasteiger partial charge is 0.264 e. The first-order valence-electron chi connectivity index (χ1n) is 10.2. The minimum Gasteiger partial charge on any atom is -0.494 e. The van der Waals surface area contributed by atoms with Crippen molar-refractivity contribution in [2.75, 3.05) is 17.5 Å². The maximum atomic E-state index is 13.3. The zero-order valence-electron chi connectivity index (χ0n) is 17.9. The molecule has 0 radical (unpaired) electrons. The second kappa shape index (κ2) is 10.8. The van der Waals surface area contributed by atoms with Crippen molar-refractivity contribution in [2.45, 2.75) is 24.8 Å². The van der Waals surface area contributed by atoms with Crippen molar-refractivity contribution in [1.29, 1.82) is 0 Å². The lowest BCUT2D eigenvalue weighted by atomic mass is 10.1. The Morgan fingerprint density at radius 3 is 2.22 bits per heavy atom. The van der Waals surface area contributed by atoms with Crippen molar-refractivity contribution in [2.24, 2.45) is 0 Å². The number of halogens is 1. The summed E-state index contributed by atoms with van der Waals surface area (Å²) in [7, 11) is -3.92. The number of nitrogens with zero attached hydrogens (tertiary/aromatic N) is 1. The van der Waals surface area contributed by atoms with Gasteiger partial charge in [-0.25, -0.2) is 8.42 Å². The van der Waals surface area contributed by atoms with Crippen LogP contribution >= 0.6 is 22.6 Å². The van der Waals surface area contributed by atoms with Crippen molar-refractivity contribution >= 4 is 44.2 Å². The SMILES string of the molecule is CCOc1ccc([C@@H](C)NC(=O)CN(c2ccc(I)cc2)S(=O)(=O)c2ccccc2)cc1. The minimum absolute atomic E-state index is 0.130. The van der Waals surface area contributed by atoms with Gasteiger partial charge >= 0.3 is 0 Å². The number of hydrogen-bond donors (Lipinski definition) is 1. The van der Waals surface area contributed by atoms with Crippen LogP contribution in [-0.2, 0) is 14.8 Å². The Morgan fingerprint density at radius 2 is 1.62 bits per heavy atom. The minimum atomic E-state index is -3.92. The molecule has 0 fully saturated rings. The van der Waals surface area contributed by atoms with Gasteiger partial charge in [-0.3, -0.25) is 9.10 Å². The van der Waals surface area contributed by atoms with E-state index in [-0.39, 0.29) is 17.5 Å². The number of hydrogen-bond acceptors (Lipinski definition) is 4. The van der Waals surface area contributed by atoms with E-state index in [1.54, 1.807) is 30.3 Å². The van der Waals surface area contributed by atoms with Gasteiger partial charge in [-0.05, 0) is 90.5 Å². The summed E-state index contributed by atoms with van der Waals surface area (Å²) in [5, 5.41) is 2.90. The molecule has 32 heavy (non-hydrogen) atoms. The van der Waals surface area contributed by atoms with Gasteiger partial charge in [0.15, 0.2) is 0 Å². The zero-order valence-corrected chi connectivity index (χ0v) is 20.8. The van der Waals surface area contributed by atoms with Crippen LogP contribution in [0.15, 0.2) is 83.8 Å². The molecule has 0 heterocycles. The molecule has 1 amide bonds. The Kier molecular flexibility index (Phi) is 8.14. The average molecular weight is 564 g/mol.